The van der Waals surface area contributed by atoms with Crippen molar-refractivity contribution >= 4 is 23.8 Å². The Bertz CT molecular complexity index is 967. The number of amides is 5. The van der Waals surface area contributed by atoms with Crippen LogP contribution >= 0.6 is 0 Å². The highest BCUT2D eigenvalue weighted by molar-refractivity contribution is 6.09. The van der Waals surface area contributed by atoms with Crippen LogP contribution in [0.25, 0.3) is 0 Å². The van der Waals surface area contributed by atoms with Gasteiger partial charge in [-0.05, 0) is 63.9 Å². The molecule has 10 heteroatoms. The fraction of sp³-hybridized carbons (Fsp3) is 0.682. The summed E-state index contributed by atoms with van der Waals surface area (Å²) in [5.41, 5.74) is -0.306. The van der Waals surface area contributed by atoms with Gasteiger partial charge in [-0.2, -0.15) is 5.10 Å². The molecule has 2 aliphatic heterocycles. The Kier molecular flexibility index (Phi) is 4.98. The first kappa shape index (κ1) is 21.0. The molecule has 0 spiro atoms. The lowest BCUT2D eigenvalue weighted by atomic mass is 9.96. The Labute approximate surface area is 186 Å². The van der Waals surface area contributed by atoms with Crippen molar-refractivity contribution in [3.05, 3.63) is 18.0 Å². The zero-order valence-electron chi connectivity index (χ0n) is 18.5. The lowest BCUT2D eigenvalue weighted by molar-refractivity contribution is -0.138. The highest BCUT2D eigenvalue weighted by atomic mass is 16.2. The van der Waals surface area contributed by atoms with E-state index in [0.717, 1.165) is 37.0 Å². The maximum atomic E-state index is 12.8. The fourth-order valence-corrected chi connectivity index (χ4v) is 4.96. The Balaban J connectivity index is 1.15. The number of likely N-dealkylation sites (tertiary alicyclic amines) is 1. The van der Waals surface area contributed by atoms with Crippen molar-refractivity contribution < 1.29 is 19.2 Å². The SMILES string of the molecule is CC(NC(=O)c1ccnn1C1CC1)C1CCN(C(=O)CN2C(=O)NC(C)(C3CC3)C2=O)C1. The van der Waals surface area contributed by atoms with Gasteiger partial charge in [0, 0.05) is 25.3 Å². The first-order chi connectivity index (χ1) is 15.3. The number of rotatable bonds is 7. The maximum Gasteiger partial charge on any atom is 0.325 e. The third-order valence-corrected chi connectivity index (χ3v) is 7.43. The molecule has 10 nitrogen and oxygen atoms in total. The number of nitrogens with zero attached hydrogens (tertiary/aromatic N) is 4. The quantitative estimate of drug-likeness (QED) is 0.609. The summed E-state index contributed by atoms with van der Waals surface area (Å²) in [5.74, 6) is -0.412. The average Bonchev–Trinajstić information content (AvgIpc) is 3.68. The van der Waals surface area contributed by atoms with E-state index in [1.165, 1.54) is 0 Å². The average molecular weight is 443 g/mol. The third kappa shape index (κ3) is 3.65. The lowest BCUT2D eigenvalue weighted by Crippen LogP contribution is -2.47. The number of hydrogen-bond acceptors (Lipinski definition) is 5. The Hall–Kier alpha value is -2.91. The van der Waals surface area contributed by atoms with Crippen molar-refractivity contribution in [3.63, 3.8) is 0 Å². The minimum atomic E-state index is -0.878. The molecule has 0 aromatic carbocycles. The van der Waals surface area contributed by atoms with Gasteiger partial charge in [0.05, 0.1) is 6.04 Å². The van der Waals surface area contributed by atoms with Crippen molar-refractivity contribution in [2.24, 2.45) is 11.8 Å². The topological polar surface area (TPSA) is 117 Å². The van der Waals surface area contributed by atoms with E-state index in [1.807, 2.05) is 6.92 Å². The Morgan fingerprint density at radius 1 is 1.25 bits per heavy atom. The van der Waals surface area contributed by atoms with Crippen LogP contribution in [-0.2, 0) is 9.59 Å². The molecule has 5 amide bonds. The predicted octanol–water partition coefficient (Wildman–Crippen LogP) is 0.905. The van der Waals surface area contributed by atoms with Crippen molar-refractivity contribution in [2.75, 3.05) is 19.6 Å². The van der Waals surface area contributed by atoms with Crippen LogP contribution in [0.5, 0.6) is 0 Å². The van der Waals surface area contributed by atoms with Crippen LogP contribution in [0.2, 0.25) is 0 Å². The van der Waals surface area contributed by atoms with Crippen LogP contribution < -0.4 is 10.6 Å². The largest absolute Gasteiger partial charge is 0.348 e. The van der Waals surface area contributed by atoms with E-state index in [4.69, 9.17) is 0 Å². The second-order valence-corrected chi connectivity index (χ2v) is 9.84. The first-order valence-corrected chi connectivity index (χ1v) is 11.5. The normalized spacial score (nSPS) is 28.8. The van der Waals surface area contributed by atoms with E-state index >= 15 is 0 Å². The second-order valence-electron chi connectivity index (χ2n) is 9.84. The van der Waals surface area contributed by atoms with Gasteiger partial charge >= 0.3 is 6.03 Å². The third-order valence-electron chi connectivity index (χ3n) is 7.43. The van der Waals surface area contributed by atoms with Gasteiger partial charge in [0.15, 0.2) is 0 Å². The molecule has 0 bridgehead atoms. The molecular weight excluding hydrogens is 412 g/mol. The van der Waals surface area contributed by atoms with Crippen LogP contribution in [0.15, 0.2) is 12.3 Å². The molecule has 4 fully saturated rings. The van der Waals surface area contributed by atoms with Crippen LogP contribution in [0.3, 0.4) is 0 Å². The highest BCUT2D eigenvalue weighted by Gasteiger charge is 2.56. The van der Waals surface area contributed by atoms with Crippen LogP contribution in [0, 0.1) is 11.8 Å². The number of carbonyl (C=O) groups is 4. The van der Waals surface area contributed by atoms with E-state index in [-0.39, 0.29) is 42.1 Å². The summed E-state index contributed by atoms with van der Waals surface area (Å²) in [6, 6.07) is 1.46. The minimum Gasteiger partial charge on any atom is -0.348 e. The molecule has 2 N–H and O–H groups in total. The van der Waals surface area contributed by atoms with E-state index in [1.54, 1.807) is 28.8 Å². The molecule has 3 unspecified atom stereocenters. The van der Waals surface area contributed by atoms with E-state index < -0.39 is 11.6 Å². The molecule has 5 rings (SSSR count). The lowest BCUT2D eigenvalue weighted by Gasteiger charge is -2.24. The molecule has 0 radical (unpaired) electrons. The number of carbonyl (C=O) groups excluding carboxylic acids is 4. The molecule has 4 aliphatic rings. The van der Waals surface area contributed by atoms with Crippen molar-refractivity contribution in [2.45, 2.75) is 63.6 Å². The number of aromatic nitrogens is 2. The molecular formula is C22H30N6O4. The molecule has 32 heavy (non-hydrogen) atoms. The number of imide groups is 1. The summed E-state index contributed by atoms with van der Waals surface area (Å²) in [5, 5.41) is 10.1. The smallest absolute Gasteiger partial charge is 0.325 e. The first-order valence-electron chi connectivity index (χ1n) is 11.5. The summed E-state index contributed by atoms with van der Waals surface area (Å²) >= 11 is 0. The Morgan fingerprint density at radius 3 is 2.69 bits per heavy atom. The molecule has 1 aromatic heterocycles. The zero-order valence-corrected chi connectivity index (χ0v) is 18.5. The van der Waals surface area contributed by atoms with Crippen molar-refractivity contribution in [1.29, 1.82) is 0 Å². The summed E-state index contributed by atoms with van der Waals surface area (Å²) in [6.07, 6.45) is 6.35. The molecule has 172 valence electrons. The van der Waals surface area contributed by atoms with Gasteiger partial charge in [-0.25, -0.2) is 4.79 Å². The summed E-state index contributed by atoms with van der Waals surface area (Å²) < 4.78 is 1.79. The van der Waals surface area contributed by atoms with E-state index in [0.29, 0.717) is 24.8 Å². The van der Waals surface area contributed by atoms with Crippen LogP contribution in [0.4, 0.5) is 4.79 Å². The monoisotopic (exact) mass is 442 g/mol. The van der Waals surface area contributed by atoms with E-state index in [2.05, 4.69) is 15.7 Å². The standard InChI is InChI=1S/C22H30N6O4/c1-13(24-19(30)17-7-9-23-28(17)16-5-6-16)14-8-10-26(11-14)18(29)12-27-20(31)22(2,15-3-4-15)25-21(27)32/h7,9,13-16H,3-6,8,10-12H2,1-2H3,(H,24,30)(H,25,32). The van der Waals surface area contributed by atoms with Gasteiger partial charge in [0.2, 0.25) is 5.91 Å². The molecule has 2 aliphatic carbocycles. The molecule has 2 saturated heterocycles. The van der Waals surface area contributed by atoms with Gasteiger partial charge < -0.3 is 15.5 Å². The summed E-state index contributed by atoms with van der Waals surface area (Å²) in [4.78, 5) is 53.4. The molecule has 1 aromatic rings. The summed E-state index contributed by atoms with van der Waals surface area (Å²) in [6.45, 7) is 4.51. The van der Waals surface area contributed by atoms with Gasteiger partial charge in [-0.15, -0.1) is 0 Å². The second kappa shape index (κ2) is 7.60. The van der Waals surface area contributed by atoms with E-state index in [9.17, 15) is 19.2 Å². The van der Waals surface area contributed by atoms with Crippen molar-refractivity contribution in [1.82, 2.24) is 30.2 Å². The van der Waals surface area contributed by atoms with Gasteiger partial charge in [-0.3, -0.25) is 24.0 Å². The fourth-order valence-electron chi connectivity index (χ4n) is 4.96. The highest BCUT2D eigenvalue weighted by Crippen LogP contribution is 2.42. The number of hydrogen-bond donors (Lipinski definition) is 2. The minimum absolute atomic E-state index is 0.111. The van der Waals surface area contributed by atoms with Gasteiger partial charge in [-0.1, -0.05) is 0 Å². The van der Waals surface area contributed by atoms with Gasteiger partial charge in [0.1, 0.15) is 17.8 Å². The molecule has 2 saturated carbocycles. The molecule has 3 heterocycles. The Morgan fingerprint density at radius 2 is 2.00 bits per heavy atom. The number of nitrogens with one attached hydrogen (secondary N) is 2. The zero-order chi connectivity index (χ0) is 22.6. The van der Waals surface area contributed by atoms with Crippen molar-refractivity contribution in [3.8, 4) is 0 Å². The predicted molar refractivity (Wildman–Crippen MR) is 113 cm³/mol. The summed E-state index contributed by atoms with van der Waals surface area (Å²) in [7, 11) is 0. The number of urea groups is 1. The van der Waals surface area contributed by atoms with Crippen LogP contribution in [0.1, 0.15) is 62.5 Å². The molecule has 3 atom stereocenters. The van der Waals surface area contributed by atoms with Crippen LogP contribution in [-0.4, -0.2) is 74.5 Å². The van der Waals surface area contributed by atoms with Gasteiger partial charge in [0.25, 0.3) is 11.8 Å². The maximum absolute atomic E-state index is 12.8.